The Kier molecular flexibility index (Phi) is 4.22. The van der Waals surface area contributed by atoms with Crippen LogP contribution >= 0.6 is 0 Å². The first-order valence-corrected chi connectivity index (χ1v) is 7.28. The van der Waals surface area contributed by atoms with Gasteiger partial charge in [0.25, 0.3) is 0 Å². The van der Waals surface area contributed by atoms with Gasteiger partial charge in [-0.3, -0.25) is 0 Å². The van der Waals surface area contributed by atoms with Crippen molar-refractivity contribution in [2.75, 3.05) is 13.2 Å². The molecule has 0 spiro atoms. The number of rotatable bonds is 2. The average molecular weight is 284 g/mol. The normalized spacial score (nSPS) is 37.8. The van der Waals surface area contributed by atoms with Crippen molar-refractivity contribution in [3.8, 4) is 0 Å². The van der Waals surface area contributed by atoms with E-state index in [-0.39, 0.29) is 18.1 Å². The van der Waals surface area contributed by atoms with Crippen molar-refractivity contribution in [2.24, 2.45) is 5.92 Å². The second kappa shape index (κ2) is 5.60. The van der Waals surface area contributed by atoms with E-state index >= 15 is 0 Å². The number of carbonyl (C=O) groups is 2. The lowest BCUT2D eigenvalue weighted by atomic mass is 9.90. The molecule has 2 heterocycles. The first-order valence-electron chi connectivity index (χ1n) is 7.28. The Morgan fingerprint density at radius 2 is 2.10 bits per heavy atom. The molecule has 0 aromatic heterocycles. The third-order valence-electron chi connectivity index (χ3n) is 4.73. The number of aliphatic carboxylic acids is 1. The van der Waals surface area contributed by atoms with E-state index in [9.17, 15) is 14.7 Å². The minimum absolute atomic E-state index is 0.0166. The van der Waals surface area contributed by atoms with E-state index < -0.39 is 17.6 Å². The summed E-state index contributed by atoms with van der Waals surface area (Å²) < 4.78 is 5.50. The molecule has 114 valence electrons. The van der Waals surface area contributed by atoms with Crippen LogP contribution in [0.2, 0.25) is 0 Å². The number of likely N-dealkylation sites (tertiary alicyclic amines) is 1. The molecular weight excluding hydrogens is 260 g/mol. The van der Waals surface area contributed by atoms with Crippen LogP contribution in [-0.2, 0) is 9.53 Å². The summed E-state index contributed by atoms with van der Waals surface area (Å²) in [6.45, 7) is 6.89. The lowest BCUT2D eigenvalue weighted by Gasteiger charge is -2.39. The molecule has 2 N–H and O–H groups in total. The molecule has 0 aliphatic carbocycles. The number of nitrogens with one attached hydrogen (secondary N) is 1. The molecule has 6 heteroatoms. The highest BCUT2D eigenvalue weighted by Gasteiger charge is 2.42. The summed E-state index contributed by atoms with van der Waals surface area (Å²) in [5.74, 6) is -0.940. The third-order valence-corrected chi connectivity index (χ3v) is 4.73. The minimum atomic E-state index is -0.923. The van der Waals surface area contributed by atoms with E-state index in [1.165, 1.54) is 4.90 Å². The molecule has 4 atom stereocenters. The van der Waals surface area contributed by atoms with Crippen LogP contribution in [-0.4, -0.2) is 52.8 Å². The van der Waals surface area contributed by atoms with Crippen molar-refractivity contribution in [2.45, 2.75) is 57.7 Å². The van der Waals surface area contributed by atoms with Gasteiger partial charge in [-0.05, 0) is 39.0 Å². The average Bonchev–Trinajstić information content (AvgIpc) is 2.68. The number of hydrogen-bond donors (Lipinski definition) is 2. The first-order chi connectivity index (χ1) is 9.35. The van der Waals surface area contributed by atoms with E-state index in [2.05, 4.69) is 5.32 Å². The lowest BCUT2D eigenvalue weighted by molar-refractivity contribution is -0.145. The number of urea groups is 1. The Balaban J connectivity index is 2.09. The molecule has 4 unspecified atom stereocenters. The van der Waals surface area contributed by atoms with Crippen molar-refractivity contribution in [3.05, 3.63) is 0 Å². The molecule has 0 bridgehead atoms. The Labute approximate surface area is 119 Å². The molecule has 0 saturated carbocycles. The molecule has 2 saturated heterocycles. The Morgan fingerprint density at radius 1 is 1.40 bits per heavy atom. The zero-order valence-corrected chi connectivity index (χ0v) is 12.4. The molecule has 0 aromatic carbocycles. The standard InChI is InChI=1S/C14H24N2O4/c1-9-5-4-7-16(11(9)12(17)18)13(19)15-14(3)6-8-20-10(14)2/h9-11H,4-8H2,1-3H3,(H,15,19)(H,17,18). The molecule has 2 fully saturated rings. The third kappa shape index (κ3) is 2.75. The Bertz CT molecular complexity index is 401. The fourth-order valence-corrected chi connectivity index (χ4v) is 3.11. The van der Waals surface area contributed by atoms with Gasteiger partial charge in [0.2, 0.25) is 0 Å². The van der Waals surface area contributed by atoms with Gasteiger partial charge in [0.1, 0.15) is 6.04 Å². The highest BCUT2D eigenvalue weighted by atomic mass is 16.5. The van der Waals surface area contributed by atoms with Crippen LogP contribution in [0.15, 0.2) is 0 Å². The smallest absolute Gasteiger partial charge is 0.326 e. The predicted molar refractivity (Wildman–Crippen MR) is 73.5 cm³/mol. The van der Waals surface area contributed by atoms with Crippen LogP contribution in [0.5, 0.6) is 0 Å². The molecule has 2 aliphatic heterocycles. The van der Waals surface area contributed by atoms with Crippen LogP contribution in [0.1, 0.15) is 40.0 Å². The Morgan fingerprint density at radius 3 is 2.65 bits per heavy atom. The highest BCUT2D eigenvalue weighted by molar-refractivity contribution is 5.83. The maximum atomic E-state index is 12.5. The van der Waals surface area contributed by atoms with Gasteiger partial charge < -0.3 is 20.1 Å². The lowest BCUT2D eigenvalue weighted by Crippen LogP contribution is -2.60. The number of carbonyl (C=O) groups excluding carboxylic acids is 1. The van der Waals surface area contributed by atoms with Gasteiger partial charge in [-0.25, -0.2) is 9.59 Å². The molecule has 6 nitrogen and oxygen atoms in total. The summed E-state index contributed by atoms with van der Waals surface area (Å²) in [6, 6.07) is -1.02. The summed E-state index contributed by atoms with van der Waals surface area (Å²) in [5.41, 5.74) is -0.416. The largest absolute Gasteiger partial charge is 0.480 e. The summed E-state index contributed by atoms with van der Waals surface area (Å²) >= 11 is 0. The maximum Gasteiger partial charge on any atom is 0.326 e. The molecule has 2 amide bonds. The van der Waals surface area contributed by atoms with E-state index in [0.29, 0.717) is 13.2 Å². The predicted octanol–water partition coefficient (Wildman–Crippen LogP) is 1.45. The topological polar surface area (TPSA) is 78.9 Å². The fourth-order valence-electron chi connectivity index (χ4n) is 3.11. The fraction of sp³-hybridized carbons (Fsp3) is 0.857. The SMILES string of the molecule is CC1CCCN(C(=O)NC2(C)CCOC2C)C1C(=O)O. The molecule has 2 aliphatic rings. The molecule has 20 heavy (non-hydrogen) atoms. The zero-order chi connectivity index (χ0) is 14.9. The highest BCUT2D eigenvalue weighted by Crippen LogP contribution is 2.28. The van der Waals surface area contributed by atoms with Crippen molar-refractivity contribution in [1.29, 1.82) is 0 Å². The quantitative estimate of drug-likeness (QED) is 0.804. The van der Waals surface area contributed by atoms with Gasteiger partial charge in [0.15, 0.2) is 0 Å². The number of carboxylic acids is 1. The van der Waals surface area contributed by atoms with Crippen LogP contribution < -0.4 is 5.32 Å². The molecule has 0 aromatic rings. The maximum absolute atomic E-state index is 12.5. The first kappa shape index (κ1) is 15.1. The number of hydrogen-bond acceptors (Lipinski definition) is 3. The van der Waals surface area contributed by atoms with Gasteiger partial charge in [-0.1, -0.05) is 6.92 Å². The second-order valence-electron chi connectivity index (χ2n) is 6.21. The van der Waals surface area contributed by atoms with Crippen LogP contribution in [0, 0.1) is 5.92 Å². The monoisotopic (exact) mass is 284 g/mol. The summed E-state index contributed by atoms with van der Waals surface area (Å²) in [6.07, 6.45) is 2.39. The molecular formula is C14H24N2O4. The number of piperidine rings is 1. The number of amides is 2. The zero-order valence-electron chi connectivity index (χ0n) is 12.4. The summed E-state index contributed by atoms with van der Waals surface area (Å²) in [5, 5.41) is 12.3. The van der Waals surface area contributed by atoms with E-state index in [0.717, 1.165) is 19.3 Å². The van der Waals surface area contributed by atoms with Crippen molar-refractivity contribution < 1.29 is 19.4 Å². The van der Waals surface area contributed by atoms with Crippen LogP contribution in [0.25, 0.3) is 0 Å². The summed E-state index contributed by atoms with van der Waals surface area (Å²) in [7, 11) is 0. The van der Waals surface area contributed by atoms with Gasteiger partial charge in [0.05, 0.1) is 11.6 Å². The number of carboxylic acid groups (broad SMARTS) is 1. The Hall–Kier alpha value is -1.30. The number of ether oxygens (including phenoxy) is 1. The minimum Gasteiger partial charge on any atom is -0.480 e. The van der Waals surface area contributed by atoms with Gasteiger partial charge in [-0.15, -0.1) is 0 Å². The van der Waals surface area contributed by atoms with Crippen molar-refractivity contribution >= 4 is 12.0 Å². The van der Waals surface area contributed by atoms with Crippen molar-refractivity contribution in [1.82, 2.24) is 10.2 Å². The van der Waals surface area contributed by atoms with E-state index in [4.69, 9.17) is 4.74 Å². The number of nitrogens with zero attached hydrogens (tertiary/aromatic N) is 1. The van der Waals surface area contributed by atoms with Gasteiger partial charge >= 0.3 is 12.0 Å². The van der Waals surface area contributed by atoms with E-state index in [1.54, 1.807) is 0 Å². The van der Waals surface area contributed by atoms with E-state index in [1.807, 2.05) is 20.8 Å². The van der Waals surface area contributed by atoms with Crippen LogP contribution in [0.3, 0.4) is 0 Å². The molecule has 2 rings (SSSR count). The van der Waals surface area contributed by atoms with Crippen LogP contribution in [0.4, 0.5) is 4.79 Å². The van der Waals surface area contributed by atoms with Crippen molar-refractivity contribution in [3.63, 3.8) is 0 Å². The summed E-state index contributed by atoms with van der Waals surface area (Å²) in [4.78, 5) is 25.3. The molecule has 0 radical (unpaired) electrons. The second-order valence-corrected chi connectivity index (χ2v) is 6.21. The van der Waals surface area contributed by atoms with Gasteiger partial charge in [-0.2, -0.15) is 0 Å². The van der Waals surface area contributed by atoms with Gasteiger partial charge in [0, 0.05) is 13.2 Å².